The van der Waals surface area contributed by atoms with Crippen molar-refractivity contribution in [1.29, 1.82) is 0 Å². The van der Waals surface area contributed by atoms with Gasteiger partial charge in [-0.15, -0.1) is 0 Å². The van der Waals surface area contributed by atoms with Crippen LogP contribution in [0.1, 0.15) is 53.7 Å². The van der Waals surface area contributed by atoms with E-state index in [-0.39, 0.29) is 27.3 Å². The average molecular weight is 365 g/mol. The van der Waals surface area contributed by atoms with Gasteiger partial charge in [0.05, 0.1) is 15.6 Å². The quantitative estimate of drug-likeness (QED) is 0.640. The van der Waals surface area contributed by atoms with Gasteiger partial charge < -0.3 is 10.2 Å². The van der Waals surface area contributed by atoms with Crippen molar-refractivity contribution >= 4 is 29.0 Å². The third kappa shape index (κ3) is 2.38. The van der Waals surface area contributed by atoms with E-state index in [2.05, 4.69) is 0 Å². The van der Waals surface area contributed by atoms with Crippen LogP contribution in [-0.4, -0.2) is 16.0 Å². The Morgan fingerprint density at radius 1 is 0.917 bits per heavy atom. The second kappa shape index (κ2) is 6.30. The van der Waals surface area contributed by atoms with Gasteiger partial charge in [0.1, 0.15) is 11.5 Å². The first-order valence-electron chi connectivity index (χ1n) is 8.06. The molecular formula is C19H18Cl2O3. The van der Waals surface area contributed by atoms with Crippen molar-refractivity contribution in [3.63, 3.8) is 0 Å². The molecule has 2 N–H and O–H groups in total. The fourth-order valence-electron chi connectivity index (χ4n) is 3.37. The zero-order valence-electron chi connectivity index (χ0n) is 13.5. The lowest BCUT2D eigenvalue weighted by Gasteiger charge is -2.11. The number of carbonyl (C=O) groups excluding carboxylic acids is 1. The van der Waals surface area contributed by atoms with Crippen molar-refractivity contribution in [2.24, 2.45) is 0 Å². The fraction of sp³-hybridized carbons (Fsp3) is 0.316. The molecule has 0 atom stereocenters. The second-order valence-corrected chi connectivity index (χ2v) is 6.84. The van der Waals surface area contributed by atoms with Gasteiger partial charge in [-0.25, -0.2) is 0 Å². The standard InChI is InChI=1S/C19H18Cl2O3/c1-3-5-9-7-11-12-8-13(20)18(23)10(6-4-2)14(12)19(24)15(11)16(21)17(9)22/h7-8,22-23H,3-6H2,1-2H3. The first-order valence-corrected chi connectivity index (χ1v) is 8.81. The summed E-state index contributed by atoms with van der Waals surface area (Å²) in [6.07, 6.45) is 2.82. The molecule has 3 rings (SSSR count). The van der Waals surface area contributed by atoms with Crippen LogP contribution in [0.15, 0.2) is 12.1 Å². The summed E-state index contributed by atoms with van der Waals surface area (Å²) in [7, 11) is 0. The molecular weight excluding hydrogens is 347 g/mol. The Morgan fingerprint density at radius 2 is 1.54 bits per heavy atom. The van der Waals surface area contributed by atoms with E-state index in [4.69, 9.17) is 23.2 Å². The highest BCUT2D eigenvalue weighted by Crippen LogP contribution is 2.49. The molecule has 0 bridgehead atoms. The summed E-state index contributed by atoms with van der Waals surface area (Å²) in [5.41, 5.74) is 3.37. The van der Waals surface area contributed by atoms with E-state index in [0.29, 0.717) is 46.2 Å². The molecule has 0 spiro atoms. The molecule has 0 saturated carbocycles. The monoisotopic (exact) mass is 364 g/mol. The summed E-state index contributed by atoms with van der Waals surface area (Å²) in [4.78, 5) is 12.9. The molecule has 5 heteroatoms. The second-order valence-electron chi connectivity index (χ2n) is 6.06. The lowest BCUT2D eigenvalue weighted by atomic mass is 9.96. The number of benzene rings is 2. The molecule has 0 aliphatic heterocycles. The number of phenols is 2. The SMILES string of the molecule is CCCc1cc2c(c(Cl)c1O)C(=O)c1c-2cc(Cl)c(O)c1CCC. The van der Waals surface area contributed by atoms with E-state index in [1.54, 1.807) is 6.07 Å². The predicted octanol–water partition coefficient (Wildman–Crippen LogP) is 5.52. The van der Waals surface area contributed by atoms with Gasteiger partial charge in [-0.05, 0) is 41.7 Å². The first-order chi connectivity index (χ1) is 11.4. The van der Waals surface area contributed by atoms with Crippen LogP contribution >= 0.6 is 23.2 Å². The molecule has 0 saturated heterocycles. The van der Waals surface area contributed by atoms with Crippen LogP contribution in [-0.2, 0) is 12.8 Å². The molecule has 0 amide bonds. The summed E-state index contributed by atoms with van der Waals surface area (Å²) >= 11 is 12.5. The van der Waals surface area contributed by atoms with Crippen LogP contribution in [0.3, 0.4) is 0 Å². The zero-order chi connectivity index (χ0) is 17.6. The Morgan fingerprint density at radius 3 is 2.17 bits per heavy atom. The van der Waals surface area contributed by atoms with Crippen LogP contribution in [0.25, 0.3) is 11.1 Å². The molecule has 1 aliphatic rings. The lowest BCUT2D eigenvalue weighted by molar-refractivity contribution is 0.104. The summed E-state index contributed by atoms with van der Waals surface area (Å²) in [6.45, 7) is 3.98. The number of hydrogen-bond acceptors (Lipinski definition) is 3. The summed E-state index contributed by atoms with van der Waals surface area (Å²) in [5.74, 6) is -0.350. The van der Waals surface area contributed by atoms with Crippen molar-refractivity contribution < 1.29 is 15.0 Å². The molecule has 0 aromatic heterocycles. The van der Waals surface area contributed by atoms with Gasteiger partial charge in [-0.1, -0.05) is 49.9 Å². The number of halogens is 2. The van der Waals surface area contributed by atoms with Crippen LogP contribution in [0.2, 0.25) is 10.0 Å². The van der Waals surface area contributed by atoms with E-state index < -0.39 is 0 Å². The Labute approximate surface area is 150 Å². The summed E-state index contributed by atoms with van der Waals surface area (Å²) in [6, 6.07) is 3.42. The summed E-state index contributed by atoms with van der Waals surface area (Å²) < 4.78 is 0. The van der Waals surface area contributed by atoms with Crippen molar-refractivity contribution in [2.45, 2.75) is 39.5 Å². The Bertz CT molecular complexity index is 857. The Balaban J connectivity index is 2.35. The minimum absolute atomic E-state index is 0.0363. The van der Waals surface area contributed by atoms with Crippen LogP contribution in [0.5, 0.6) is 11.5 Å². The molecule has 24 heavy (non-hydrogen) atoms. The third-order valence-electron chi connectivity index (χ3n) is 4.44. The maximum Gasteiger partial charge on any atom is 0.196 e. The molecule has 2 aromatic rings. The number of hydrogen-bond donors (Lipinski definition) is 2. The topological polar surface area (TPSA) is 57.5 Å². The van der Waals surface area contributed by atoms with Gasteiger partial charge in [0, 0.05) is 11.1 Å². The van der Waals surface area contributed by atoms with Crippen molar-refractivity contribution in [2.75, 3.05) is 0 Å². The van der Waals surface area contributed by atoms with Crippen LogP contribution in [0.4, 0.5) is 0 Å². The minimum atomic E-state index is -0.265. The number of fused-ring (bicyclic) bond motifs is 3. The van der Waals surface area contributed by atoms with E-state index in [0.717, 1.165) is 12.8 Å². The molecule has 3 nitrogen and oxygen atoms in total. The van der Waals surface area contributed by atoms with Crippen molar-refractivity contribution in [1.82, 2.24) is 0 Å². The number of aromatic hydroxyl groups is 2. The average Bonchev–Trinajstić information content (AvgIpc) is 2.81. The van der Waals surface area contributed by atoms with Gasteiger partial charge >= 0.3 is 0 Å². The highest BCUT2D eigenvalue weighted by atomic mass is 35.5. The first kappa shape index (κ1) is 17.1. The molecule has 2 aromatic carbocycles. The highest BCUT2D eigenvalue weighted by Gasteiger charge is 2.35. The number of phenolic OH excluding ortho intramolecular Hbond substituents is 2. The van der Waals surface area contributed by atoms with E-state index in [9.17, 15) is 15.0 Å². The number of aryl methyl sites for hydroxylation is 1. The van der Waals surface area contributed by atoms with Gasteiger partial charge in [0.2, 0.25) is 0 Å². The zero-order valence-corrected chi connectivity index (χ0v) is 15.1. The third-order valence-corrected chi connectivity index (χ3v) is 5.09. The van der Waals surface area contributed by atoms with Crippen LogP contribution in [0, 0.1) is 0 Å². The molecule has 1 aliphatic carbocycles. The molecule has 0 radical (unpaired) electrons. The van der Waals surface area contributed by atoms with Crippen molar-refractivity contribution in [3.8, 4) is 22.6 Å². The Kier molecular flexibility index (Phi) is 4.50. The summed E-state index contributed by atoms with van der Waals surface area (Å²) in [5, 5.41) is 20.9. The van der Waals surface area contributed by atoms with Gasteiger partial charge in [-0.3, -0.25) is 4.79 Å². The maximum atomic E-state index is 12.9. The Hall–Kier alpha value is -1.71. The van der Waals surface area contributed by atoms with E-state index in [1.807, 2.05) is 19.9 Å². The molecule has 0 fully saturated rings. The molecule has 0 heterocycles. The largest absolute Gasteiger partial charge is 0.506 e. The maximum absolute atomic E-state index is 12.9. The number of carbonyl (C=O) groups is 1. The van der Waals surface area contributed by atoms with E-state index in [1.165, 1.54) is 0 Å². The number of ketones is 1. The van der Waals surface area contributed by atoms with Gasteiger partial charge in [0.15, 0.2) is 5.78 Å². The lowest BCUT2D eigenvalue weighted by Crippen LogP contribution is -2.02. The van der Waals surface area contributed by atoms with Gasteiger partial charge in [-0.2, -0.15) is 0 Å². The molecule has 126 valence electrons. The van der Waals surface area contributed by atoms with E-state index >= 15 is 0 Å². The fourth-order valence-corrected chi connectivity index (χ4v) is 3.90. The predicted molar refractivity (Wildman–Crippen MR) is 96.7 cm³/mol. The highest BCUT2D eigenvalue weighted by molar-refractivity contribution is 6.40. The van der Waals surface area contributed by atoms with Crippen LogP contribution < -0.4 is 0 Å². The van der Waals surface area contributed by atoms with Crippen molar-refractivity contribution in [3.05, 3.63) is 44.4 Å². The normalized spacial score (nSPS) is 12.4. The minimum Gasteiger partial charge on any atom is -0.506 e. The number of rotatable bonds is 4. The smallest absolute Gasteiger partial charge is 0.196 e. The van der Waals surface area contributed by atoms with Gasteiger partial charge in [0.25, 0.3) is 0 Å². The molecule has 0 unspecified atom stereocenters.